The predicted molar refractivity (Wildman–Crippen MR) is 130 cm³/mol. The molecule has 12 heteroatoms. The first-order chi connectivity index (χ1) is 17.8. The Labute approximate surface area is 215 Å². The van der Waals surface area contributed by atoms with Gasteiger partial charge in [0.25, 0.3) is 0 Å². The number of piperidine rings is 1. The van der Waals surface area contributed by atoms with Crippen molar-refractivity contribution >= 4 is 22.6 Å². The fourth-order valence-corrected chi connectivity index (χ4v) is 5.40. The number of nitrogens with one attached hydrogen (secondary N) is 1. The number of nitrogens with zero attached hydrogens (tertiary/aromatic N) is 6. The summed E-state index contributed by atoms with van der Waals surface area (Å²) in [4.78, 5) is 16.0. The van der Waals surface area contributed by atoms with Crippen LogP contribution in [0.1, 0.15) is 24.0 Å². The number of hydrogen-bond acceptors (Lipinski definition) is 5. The van der Waals surface area contributed by atoms with E-state index in [-0.39, 0.29) is 17.1 Å². The molecule has 1 N–H and O–H groups in total. The number of rotatable bonds is 5. The molecule has 2 aliphatic rings. The van der Waals surface area contributed by atoms with Crippen LogP contribution in [0.25, 0.3) is 22.3 Å². The number of H-pyrrole nitrogens is 1. The van der Waals surface area contributed by atoms with Crippen LogP contribution >= 0.6 is 11.6 Å². The van der Waals surface area contributed by atoms with Gasteiger partial charge >= 0.3 is 6.18 Å². The van der Waals surface area contributed by atoms with Crippen molar-refractivity contribution in [2.45, 2.75) is 31.6 Å². The van der Waals surface area contributed by atoms with E-state index in [0.29, 0.717) is 19.1 Å². The van der Waals surface area contributed by atoms with Gasteiger partial charge in [0.1, 0.15) is 23.8 Å². The van der Waals surface area contributed by atoms with Gasteiger partial charge in [0.05, 0.1) is 22.5 Å². The molecular formula is C25H23ClF4N7. The molecule has 5 heterocycles. The lowest BCUT2D eigenvalue weighted by Gasteiger charge is -2.46. The Bertz CT molecular complexity index is 1420. The summed E-state index contributed by atoms with van der Waals surface area (Å²) in [6.07, 6.45) is 4.10. The predicted octanol–water partition coefficient (Wildman–Crippen LogP) is 4.99. The smallest absolute Gasteiger partial charge is 0.346 e. The Morgan fingerprint density at radius 1 is 1.08 bits per heavy atom. The van der Waals surface area contributed by atoms with Gasteiger partial charge in [0, 0.05) is 54.6 Å². The van der Waals surface area contributed by atoms with E-state index < -0.39 is 17.6 Å². The number of halogens is 5. The van der Waals surface area contributed by atoms with E-state index in [4.69, 9.17) is 11.6 Å². The molecule has 7 nitrogen and oxygen atoms in total. The first-order valence-electron chi connectivity index (χ1n) is 12.0. The zero-order valence-corrected chi connectivity index (χ0v) is 20.4. The second kappa shape index (κ2) is 9.38. The lowest BCUT2D eigenvalue weighted by Crippen LogP contribution is -2.56. The number of fused-ring (bicyclic) bond motifs is 1. The highest BCUT2D eigenvalue weighted by Gasteiger charge is 2.38. The molecule has 2 fully saturated rings. The van der Waals surface area contributed by atoms with E-state index in [1.165, 1.54) is 12.4 Å². The van der Waals surface area contributed by atoms with Crippen molar-refractivity contribution < 1.29 is 17.6 Å². The molecule has 2 aliphatic heterocycles. The summed E-state index contributed by atoms with van der Waals surface area (Å²) in [5.41, 5.74) is 1.17. The highest BCUT2D eigenvalue weighted by molar-refractivity contribution is 6.30. The van der Waals surface area contributed by atoms with E-state index in [9.17, 15) is 17.6 Å². The maximum atomic E-state index is 14.5. The Hall–Kier alpha value is -3.02. The second-order valence-electron chi connectivity index (χ2n) is 9.50. The first kappa shape index (κ1) is 24.3. The molecule has 1 radical (unpaired) electrons. The summed E-state index contributed by atoms with van der Waals surface area (Å²) in [5.74, 6) is -0.988. The van der Waals surface area contributed by atoms with Crippen LogP contribution in [-0.2, 0) is 12.7 Å². The molecule has 0 bridgehead atoms. The number of aromatic nitrogens is 5. The van der Waals surface area contributed by atoms with E-state index in [0.717, 1.165) is 60.4 Å². The van der Waals surface area contributed by atoms with Crippen LogP contribution in [0, 0.1) is 11.9 Å². The molecular weight excluding hydrogens is 510 g/mol. The van der Waals surface area contributed by atoms with Crippen LogP contribution in [0.3, 0.4) is 0 Å². The zero-order valence-electron chi connectivity index (χ0n) is 19.6. The van der Waals surface area contributed by atoms with Crippen LogP contribution in [-0.4, -0.2) is 66.8 Å². The lowest BCUT2D eigenvalue weighted by atomic mass is 9.96. The van der Waals surface area contributed by atoms with Gasteiger partial charge in [-0.2, -0.15) is 18.3 Å². The van der Waals surface area contributed by atoms with Crippen molar-refractivity contribution in [1.29, 1.82) is 0 Å². The Morgan fingerprint density at radius 3 is 2.62 bits per heavy atom. The highest BCUT2D eigenvalue weighted by Crippen LogP contribution is 2.37. The molecule has 37 heavy (non-hydrogen) atoms. The molecule has 0 aliphatic carbocycles. The third-order valence-corrected chi connectivity index (χ3v) is 7.55. The lowest BCUT2D eigenvalue weighted by molar-refractivity contribution is -0.138. The van der Waals surface area contributed by atoms with Gasteiger partial charge in [-0.05, 0) is 44.1 Å². The molecule has 193 valence electrons. The summed E-state index contributed by atoms with van der Waals surface area (Å²) in [5, 5.41) is 5.17. The molecule has 1 aromatic carbocycles. The van der Waals surface area contributed by atoms with E-state index >= 15 is 0 Å². The van der Waals surface area contributed by atoms with Gasteiger partial charge in [-0.25, -0.2) is 14.4 Å². The van der Waals surface area contributed by atoms with E-state index in [1.807, 2.05) is 28.0 Å². The van der Waals surface area contributed by atoms with Crippen LogP contribution in [0.2, 0.25) is 5.02 Å². The van der Waals surface area contributed by atoms with Gasteiger partial charge in [0.15, 0.2) is 0 Å². The Balaban J connectivity index is 1.05. The van der Waals surface area contributed by atoms with Gasteiger partial charge in [0.2, 0.25) is 0 Å². The standard InChI is InChI=1S/C25H23ClF4N7/c26-21-2-1-20(25(28,29)30)19(22(21)27)13-35-7-4-16(5-8-35)36-11-17(12-36)37-10-15(9-34-37)23-18-3-6-31-24(18)33-14-32-23/h1-3,6,9-10,14,16H,4-5,7-8,11-13H2,(H,31,32,33). The summed E-state index contributed by atoms with van der Waals surface area (Å²) < 4.78 is 56.6. The maximum absolute atomic E-state index is 14.5. The molecule has 0 spiro atoms. The van der Waals surface area contributed by atoms with E-state index in [1.54, 1.807) is 6.20 Å². The Kier molecular flexibility index (Phi) is 6.16. The van der Waals surface area contributed by atoms with Crippen molar-refractivity contribution in [2.75, 3.05) is 26.2 Å². The number of alkyl halides is 3. The van der Waals surface area contributed by atoms with Gasteiger partial charge in [-0.3, -0.25) is 14.5 Å². The minimum absolute atomic E-state index is 0.112. The number of aromatic amines is 1. The van der Waals surface area contributed by atoms with Crippen LogP contribution < -0.4 is 0 Å². The SMILES string of the molecule is Fc1c(Cl)ccc(C(F)(F)F)c1CN1CCC(N2C[C](n3cc(-c4ncnc5[nH]ccc45)cn3)C2)CC1. The zero-order chi connectivity index (χ0) is 25.7. The summed E-state index contributed by atoms with van der Waals surface area (Å²) in [7, 11) is 0. The van der Waals surface area contributed by atoms with Crippen molar-refractivity contribution in [1.82, 2.24) is 34.5 Å². The van der Waals surface area contributed by atoms with Crippen molar-refractivity contribution in [3.63, 3.8) is 0 Å². The van der Waals surface area contributed by atoms with Crippen molar-refractivity contribution in [3.05, 3.63) is 71.1 Å². The van der Waals surface area contributed by atoms with Crippen molar-refractivity contribution in [3.8, 4) is 11.3 Å². The van der Waals surface area contributed by atoms with E-state index in [2.05, 4.69) is 25.0 Å². The minimum atomic E-state index is -4.63. The second-order valence-corrected chi connectivity index (χ2v) is 9.91. The topological polar surface area (TPSA) is 65.9 Å². The number of likely N-dealkylation sites (tertiary alicyclic amines) is 2. The summed E-state index contributed by atoms with van der Waals surface area (Å²) in [6.45, 7) is 2.61. The Morgan fingerprint density at radius 2 is 1.86 bits per heavy atom. The molecule has 2 saturated heterocycles. The monoisotopic (exact) mass is 532 g/mol. The van der Waals surface area contributed by atoms with Gasteiger partial charge in [-0.15, -0.1) is 0 Å². The summed E-state index contributed by atoms with van der Waals surface area (Å²) >= 11 is 5.78. The normalized spacial score (nSPS) is 18.5. The highest BCUT2D eigenvalue weighted by atomic mass is 35.5. The summed E-state index contributed by atoms with van der Waals surface area (Å²) in [6, 6.07) is 5.25. The molecule has 3 aromatic heterocycles. The first-order valence-corrected chi connectivity index (χ1v) is 12.3. The van der Waals surface area contributed by atoms with Crippen LogP contribution in [0.4, 0.5) is 17.6 Å². The van der Waals surface area contributed by atoms with Crippen LogP contribution in [0.5, 0.6) is 0 Å². The largest absolute Gasteiger partial charge is 0.416 e. The molecule has 0 unspecified atom stereocenters. The number of hydrogen-bond donors (Lipinski definition) is 1. The average molecular weight is 533 g/mol. The molecule has 0 amide bonds. The quantitative estimate of drug-likeness (QED) is 0.367. The molecule has 4 aromatic rings. The average Bonchev–Trinajstić information content (AvgIpc) is 3.51. The molecule has 6 rings (SSSR count). The van der Waals surface area contributed by atoms with Gasteiger partial charge in [-0.1, -0.05) is 11.6 Å². The molecule has 0 saturated carbocycles. The van der Waals surface area contributed by atoms with Crippen LogP contribution in [0.15, 0.2) is 43.1 Å². The van der Waals surface area contributed by atoms with Gasteiger partial charge < -0.3 is 4.98 Å². The third kappa shape index (κ3) is 4.60. The minimum Gasteiger partial charge on any atom is -0.346 e. The van der Waals surface area contributed by atoms with Crippen molar-refractivity contribution in [2.24, 2.45) is 0 Å². The number of benzene rings is 1. The third-order valence-electron chi connectivity index (χ3n) is 7.26. The maximum Gasteiger partial charge on any atom is 0.416 e. The fraction of sp³-hybridized carbons (Fsp3) is 0.360. The molecule has 0 atom stereocenters. The fourth-order valence-electron chi connectivity index (χ4n) is 5.23.